The van der Waals surface area contributed by atoms with Crippen LogP contribution < -0.4 is 10.5 Å². The van der Waals surface area contributed by atoms with Crippen LogP contribution in [-0.2, 0) is 19.2 Å². The lowest BCUT2D eigenvalue weighted by Gasteiger charge is -2.42. The summed E-state index contributed by atoms with van der Waals surface area (Å²) < 4.78 is 5.59. The van der Waals surface area contributed by atoms with Gasteiger partial charge < -0.3 is 15.6 Å². The van der Waals surface area contributed by atoms with Crippen LogP contribution in [0.3, 0.4) is 0 Å². The monoisotopic (exact) mass is 526 g/mol. The normalized spacial score (nSPS) is 28.2. The maximum Gasteiger partial charge on any atom is 0.328 e. The number of rotatable bonds is 2. The number of nitrogens with two attached hydrogens (primary N) is 1. The fourth-order valence-corrected chi connectivity index (χ4v) is 6.16. The van der Waals surface area contributed by atoms with E-state index in [0.717, 1.165) is 0 Å². The van der Waals surface area contributed by atoms with Gasteiger partial charge in [0.25, 0.3) is 0 Å². The van der Waals surface area contributed by atoms with E-state index >= 15 is 0 Å². The van der Waals surface area contributed by atoms with Crippen LogP contribution >= 0.6 is 15.9 Å². The minimum atomic E-state index is -1.13. The van der Waals surface area contributed by atoms with E-state index in [9.17, 15) is 29.1 Å². The van der Waals surface area contributed by atoms with Gasteiger partial charge in [-0.2, -0.15) is 4.90 Å². The number of aromatic hydroxyl groups is 1. The van der Waals surface area contributed by atoms with E-state index in [1.807, 2.05) is 6.08 Å². The number of imide groups is 3. The highest BCUT2D eigenvalue weighted by Gasteiger charge is 2.57. The summed E-state index contributed by atoms with van der Waals surface area (Å²) in [7, 11) is 1.42. The number of hydrogen-bond acceptors (Lipinski definition) is 7. The van der Waals surface area contributed by atoms with Gasteiger partial charge in [0.15, 0.2) is 11.6 Å². The van der Waals surface area contributed by atoms with E-state index in [1.165, 1.54) is 25.3 Å². The summed E-state index contributed by atoms with van der Waals surface area (Å²) in [5.74, 6) is -4.78. The first-order valence-electron chi connectivity index (χ1n) is 10.6. The molecule has 1 fully saturated rings. The summed E-state index contributed by atoms with van der Waals surface area (Å²) in [4.78, 5) is 64.5. The fraction of sp³-hybridized carbons (Fsp3) is 0.292. The highest BCUT2D eigenvalue weighted by Crippen LogP contribution is 2.56. The Kier molecular flexibility index (Phi) is 5.09. The number of phenolic OH excluding ortho intramolecular Hbond substituents is 1. The maximum absolute atomic E-state index is 13.2. The number of ketones is 2. The summed E-state index contributed by atoms with van der Waals surface area (Å²) >= 11 is 3.16. The van der Waals surface area contributed by atoms with Gasteiger partial charge in [0.1, 0.15) is 11.5 Å². The topological polar surface area (TPSA) is 144 Å². The largest absolute Gasteiger partial charge is 0.508 e. The Morgan fingerprint density at radius 2 is 1.91 bits per heavy atom. The van der Waals surface area contributed by atoms with Crippen LogP contribution in [0.25, 0.3) is 0 Å². The van der Waals surface area contributed by atoms with Gasteiger partial charge in [-0.1, -0.05) is 17.7 Å². The Labute approximate surface area is 202 Å². The molecule has 0 bridgehead atoms. The van der Waals surface area contributed by atoms with Gasteiger partial charge in [-0.3, -0.25) is 19.2 Å². The average Bonchev–Trinajstić information content (AvgIpc) is 3.06. The number of primary amides is 1. The van der Waals surface area contributed by atoms with Gasteiger partial charge in [0.05, 0.1) is 23.4 Å². The number of fused-ring (bicyclic) bond motifs is 3. The SMILES string of the molecule is COc1cc(O)ccc1[C@H]1C2=CC[C@@H]3C(=O)N(C(N)=O)C(=O)[C@@H]3[C@@H]2CC2=C1C(=O)C=C(Br)C2=O. The molecule has 4 aliphatic rings. The maximum atomic E-state index is 13.2. The van der Waals surface area contributed by atoms with Crippen molar-refractivity contribution in [1.29, 1.82) is 0 Å². The number of benzene rings is 1. The minimum absolute atomic E-state index is 0.0396. The molecule has 0 saturated carbocycles. The number of amides is 4. The van der Waals surface area contributed by atoms with Crippen LogP contribution in [0, 0.1) is 17.8 Å². The van der Waals surface area contributed by atoms with E-state index in [-0.39, 0.29) is 45.8 Å². The third-order valence-electron chi connectivity index (χ3n) is 7.08. The molecule has 4 atom stereocenters. The van der Waals surface area contributed by atoms with Crippen LogP contribution in [-0.4, -0.2) is 46.5 Å². The zero-order valence-electron chi connectivity index (χ0n) is 17.9. The van der Waals surface area contributed by atoms with E-state index in [0.29, 0.717) is 21.8 Å². The summed E-state index contributed by atoms with van der Waals surface area (Å²) in [6.07, 6.45) is 3.30. The Hall–Kier alpha value is -3.53. The van der Waals surface area contributed by atoms with E-state index in [4.69, 9.17) is 10.5 Å². The molecule has 0 aromatic heterocycles. The number of carbonyl (C=O) groups is 5. The lowest BCUT2D eigenvalue weighted by atomic mass is 9.59. The predicted octanol–water partition coefficient (Wildman–Crippen LogP) is 2.24. The van der Waals surface area contributed by atoms with Gasteiger partial charge in [-0.15, -0.1) is 0 Å². The molecule has 1 saturated heterocycles. The van der Waals surface area contributed by atoms with Crippen LogP contribution in [0.1, 0.15) is 24.3 Å². The molecule has 10 heteroatoms. The molecular formula is C24H19BrN2O7. The number of ether oxygens (including phenoxy) is 1. The zero-order chi connectivity index (χ0) is 24.5. The quantitative estimate of drug-likeness (QED) is 0.341. The number of halogens is 1. The number of urea groups is 1. The number of likely N-dealkylation sites (tertiary alicyclic amines) is 1. The van der Waals surface area contributed by atoms with Crippen molar-refractivity contribution in [1.82, 2.24) is 4.90 Å². The van der Waals surface area contributed by atoms with Crippen molar-refractivity contribution in [2.75, 3.05) is 7.11 Å². The second-order valence-electron chi connectivity index (χ2n) is 8.67. The molecule has 5 rings (SSSR count). The number of Topliss-reactive ketones (excluding diaryl/α,β-unsaturated/α-hetero) is 1. The summed E-state index contributed by atoms with van der Waals surface area (Å²) in [5.41, 5.74) is 7.07. The molecule has 34 heavy (non-hydrogen) atoms. The molecule has 0 unspecified atom stereocenters. The Morgan fingerprint density at radius 1 is 1.18 bits per heavy atom. The third kappa shape index (κ3) is 3.01. The smallest absolute Gasteiger partial charge is 0.328 e. The van der Waals surface area contributed by atoms with Crippen molar-refractivity contribution in [2.45, 2.75) is 18.8 Å². The molecule has 3 N–H and O–H groups in total. The average molecular weight is 527 g/mol. The molecule has 4 amide bonds. The number of hydrogen-bond donors (Lipinski definition) is 2. The van der Waals surface area contributed by atoms with Gasteiger partial charge in [0, 0.05) is 34.8 Å². The molecule has 9 nitrogen and oxygen atoms in total. The highest BCUT2D eigenvalue weighted by molar-refractivity contribution is 9.12. The molecular weight excluding hydrogens is 508 g/mol. The molecule has 174 valence electrons. The van der Waals surface area contributed by atoms with Gasteiger partial charge in [-0.05, 0) is 40.8 Å². The van der Waals surface area contributed by atoms with Gasteiger partial charge >= 0.3 is 6.03 Å². The minimum Gasteiger partial charge on any atom is -0.508 e. The number of phenols is 1. The van der Waals surface area contributed by atoms with Crippen LogP contribution in [0.2, 0.25) is 0 Å². The Balaban J connectivity index is 1.72. The Bertz CT molecular complexity index is 1310. The summed E-state index contributed by atoms with van der Waals surface area (Å²) in [6.45, 7) is 0. The van der Waals surface area contributed by atoms with E-state index in [1.54, 1.807) is 6.07 Å². The van der Waals surface area contributed by atoms with Crippen LogP contribution in [0.5, 0.6) is 11.5 Å². The summed E-state index contributed by atoms with van der Waals surface area (Å²) in [6, 6.07) is 3.34. The standard InChI is InChI=1S/C24H19BrN2O7/c1-34-17-6-9(28)2-3-11(17)18-10-4-5-12-19(23(32)27(22(12)31)24(26)33)13(10)7-14-20(18)16(29)8-15(25)21(14)30/h2-4,6,8,12-13,18-19,28H,5,7H2,1H3,(H2,26,33)/t12-,13+,18+,19-/m0/s1. The van der Waals surface area contributed by atoms with Crippen molar-refractivity contribution in [3.63, 3.8) is 0 Å². The highest BCUT2D eigenvalue weighted by atomic mass is 79.9. The molecule has 3 aliphatic carbocycles. The molecule has 1 aliphatic heterocycles. The van der Waals surface area contributed by atoms with Crippen molar-refractivity contribution in [2.24, 2.45) is 23.5 Å². The first-order chi connectivity index (χ1) is 16.1. The number of allylic oxidation sites excluding steroid dienone is 6. The first-order valence-corrected chi connectivity index (χ1v) is 11.4. The first kappa shape index (κ1) is 22.3. The summed E-state index contributed by atoms with van der Waals surface area (Å²) in [5, 5.41) is 9.95. The second-order valence-corrected chi connectivity index (χ2v) is 9.52. The molecule has 0 spiro atoms. The predicted molar refractivity (Wildman–Crippen MR) is 121 cm³/mol. The fourth-order valence-electron chi connectivity index (χ4n) is 5.72. The number of nitrogens with zero attached hydrogens (tertiary/aromatic N) is 1. The van der Waals surface area contributed by atoms with Crippen LogP contribution in [0.4, 0.5) is 4.79 Å². The van der Waals surface area contributed by atoms with Crippen LogP contribution in [0.15, 0.2) is 51.6 Å². The van der Waals surface area contributed by atoms with Gasteiger partial charge in [0.2, 0.25) is 11.8 Å². The van der Waals surface area contributed by atoms with Crippen molar-refractivity contribution < 1.29 is 33.8 Å². The van der Waals surface area contributed by atoms with Crippen molar-refractivity contribution in [3.05, 3.63) is 57.1 Å². The second kappa shape index (κ2) is 7.76. The lowest BCUT2D eigenvalue weighted by Crippen LogP contribution is -2.42. The molecule has 0 radical (unpaired) electrons. The number of methoxy groups -OCH3 is 1. The number of carbonyl (C=O) groups excluding carboxylic acids is 5. The molecule has 1 aromatic carbocycles. The molecule has 1 aromatic rings. The Morgan fingerprint density at radius 3 is 2.59 bits per heavy atom. The third-order valence-corrected chi connectivity index (χ3v) is 7.67. The van der Waals surface area contributed by atoms with Crippen molar-refractivity contribution in [3.8, 4) is 11.5 Å². The zero-order valence-corrected chi connectivity index (χ0v) is 19.5. The molecule has 1 heterocycles. The van der Waals surface area contributed by atoms with E-state index in [2.05, 4.69) is 15.9 Å². The lowest BCUT2D eigenvalue weighted by molar-refractivity contribution is -0.136. The van der Waals surface area contributed by atoms with Crippen molar-refractivity contribution >= 4 is 45.3 Å². The van der Waals surface area contributed by atoms with Gasteiger partial charge in [-0.25, -0.2) is 4.79 Å². The van der Waals surface area contributed by atoms with E-state index < -0.39 is 41.5 Å².